The summed E-state index contributed by atoms with van der Waals surface area (Å²) in [4.78, 5) is 2.66. The molecule has 1 saturated carbocycles. The van der Waals surface area contributed by atoms with Crippen LogP contribution in [0.1, 0.15) is 65.2 Å². The quantitative estimate of drug-likeness (QED) is 0.806. The van der Waals surface area contributed by atoms with Gasteiger partial charge in [0.25, 0.3) is 0 Å². The molecule has 2 atom stereocenters. The van der Waals surface area contributed by atoms with E-state index >= 15 is 0 Å². The molecule has 1 heterocycles. The normalized spacial score (nSPS) is 31.7. The maximum Gasteiger partial charge on any atom is 0.00940 e. The molecule has 18 heavy (non-hydrogen) atoms. The van der Waals surface area contributed by atoms with Gasteiger partial charge in [0, 0.05) is 12.1 Å². The van der Waals surface area contributed by atoms with E-state index in [2.05, 4.69) is 24.1 Å². The van der Waals surface area contributed by atoms with E-state index in [0.29, 0.717) is 0 Å². The average Bonchev–Trinajstić information content (AvgIpc) is 2.38. The molecule has 0 aromatic carbocycles. The van der Waals surface area contributed by atoms with Gasteiger partial charge < -0.3 is 10.2 Å². The zero-order valence-electron chi connectivity index (χ0n) is 12.5. The highest BCUT2D eigenvalue weighted by Gasteiger charge is 2.24. The van der Waals surface area contributed by atoms with E-state index in [0.717, 1.165) is 18.0 Å². The second kappa shape index (κ2) is 7.49. The highest BCUT2D eigenvalue weighted by Crippen LogP contribution is 2.24. The summed E-state index contributed by atoms with van der Waals surface area (Å²) in [6.07, 6.45) is 11.2. The molecule has 2 heteroatoms. The Morgan fingerprint density at radius 3 is 2.50 bits per heavy atom. The van der Waals surface area contributed by atoms with Crippen molar-refractivity contribution >= 4 is 0 Å². The Bertz CT molecular complexity index is 221. The van der Waals surface area contributed by atoms with Crippen LogP contribution in [0.5, 0.6) is 0 Å². The third-order valence-electron chi connectivity index (χ3n) is 4.82. The van der Waals surface area contributed by atoms with Gasteiger partial charge in [-0.05, 0) is 57.7 Å². The van der Waals surface area contributed by atoms with E-state index < -0.39 is 0 Å². The van der Waals surface area contributed by atoms with E-state index in [1.807, 2.05) is 0 Å². The van der Waals surface area contributed by atoms with Gasteiger partial charge in [-0.3, -0.25) is 0 Å². The minimum absolute atomic E-state index is 0.804. The summed E-state index contributed by atoms with van der Waals surface area (Å²) in [5.74, 6) is 0.945. The fraction of sp³-hybridized carbons (Fsp3) is 1.00. The van der Waals surface area contributed by atoms with Crippen LogP contribution >= 0.6 is 0 Å². The van der Waals surface area contributed by atoms with Crippen LogP contribution in [-0.4, -0.2) is 36.6 Å². The molecular weight excluding hydrogens is 220 g/mol. The third-order valence-corrected chi connectivity index (χ3v) is 4.82. The van der Waals surface area contributed by atoms with Crippen molar-refractivity contribution in [2.45, 2.75) is 77.3 Å². The van der Waals surface area contributed by atoms with Gasteiger partial charge in [-0.25, -0.2) is 0 Å². The largest absolute Gasteiger partial charge is 0.311 e. The molecule has 0 aromatic rings. The maximum absolute atomic E-state index is 3.94. The standard InChI is InChI=1S/C16H32N2/c1-3-4-10-18-11-8-15(9-12-18)17-16-7-5-6-14(2)13-16/h14-17H,3-13H2,1-2H3. The first-order valence-corrected chi connectivity index (χ1v) is 8.26. The summed E-state index contributed by atoms with van der Waals surface area (Å²) in [7, 11) is 0. The Labute approximate surface area is 114 Å². The third kappa shape index (κ3) is 4.55. The number of rotatable bonds is 5. The minimum atomic E-state index is 0.804. The van der Waals surface area contributed by atoms with Gasteiger partial charge in [0.15, 0.2) is 0 Å². The number of piperidine rings is 1. The van der Waals surface area contributed by atoms with Crippen LogP contribution in [0.3, 0.4) is 0 Å². The molecule has 1 aliphatic carbocycles. The lowest BCUT2D eigenvalue weighted by Crippen LogP contribution is -2.47. The number of hydrogen-bond donors (Lipinski definition) is 1. The Morgan fingerprint density at radius 1 is 1.06 bits per heavy atom. The number of nitrogens with zero attached hydrogens (tertiary/aromatic N) is 1. The van der Waals surface area contributed by atoms with Crippen LogP contribution in [0.4, 0.5) is 0 Å². The molecule has 0 amide bonds. The van der Waals surface area contributed by atoms with Crippen LogP contribution in [0.25, 0.3) is 0 Å². The van der Waals surface area contributed by atoms with Crippen LogP contribution in [0.15, 0.2) is 0 Å². The first-order chi connectivity index (χ1) is 8.78. The van der Waals surface area contributed by atoms with Crippen LogP contribution in [0.2, 0.25) is 0 Å². The second-order valence-corrected chi connectivity index (χ2v) is 6.60. The van der Waals surface area contributed by atoms with Crippen molar-refractivity contribution in [2.24, 2.45) is 5.92 Å². The smallest absolute Gasteiger partial charge is 0.00940 e. The Balaban J connectivity index is 1.63. The lowest BCUT2D eigenvalue weighted by Gasteiger charge is -2.36. The molecule has 2 unspecified atom stereocenters. The van der Waals surface area contributed by atoms with Crippen molar-refractivity contribution in [3.8, 4) is 0 Å². The van der Waals surface area contributed by atoms with Gasteiger partial charge in [-0.1, -0.05) is 33.1 Å². The highest BCUT2D eigenvalue weighted by molar-refractivity contribution is 4.83. The van der Waals surface area contributed by atoms with Gasteiger partial charge >= 0.3 is 0 Å². The van der Waals surface area contributed by atoms with E-state index in [1.165, 1.54) is 71.0 Å². The Morgan fingerprint density at radius 2 is 1.83 bits per heavy atom. The molecule has 2 aliphatic rings. The van der Waals surface area contributed by atoms with E-state index in [4.69, 9.17) is 0 Å². The molecule has 106 valence electrons. The van der Waals surface area contributed by atoms with Gasteiger partial charge in [-0.15, -0.1) is 0 Å². The molecule has 1 aliphatic heterocycles. The van der Waals surface area contributed by atoms with Crippen molar-refractivity contribution in [2.75, 3.05) is 19.6 Å². The number of hydrogen-bond acceptors (Lipinski definition) is 2. The second-order valence-electron chi connectivity index (χ2n) is 6.60. The minimum Gasteiger partial charge on any atom is -0.311 e. The van der Waals surface area contributed by atoms with E-state index in [1.54, 1.807) is 0 Å². The zero-order chi connectivity index (χ0) is 12.8. The van der Waals surface area contributed by atoms with E-state index in [-0.39, 0.29) is 0 Å². The fourth-order valence-corrected chi connectivity index (χ4v) is 3.62. The predicted octanol–water partition coefficient (Wildman–Crippen LogP) is 3.42. The molecule has 1 saturated heterocycles. The van der Waals surface area contributed by atoms with Crippen LogP contribution < -0.4 is 5.32 Å². The molecule has 2 fully saturated rings. The van der Waals surface area contributed by atoms with Crippen molar-refractivity contribution in [3.63, 3.8) is 0 Å². The number of nitrogens with one attached hydrogen (secondary N) is 1. The zero-order valence-corrected chi connectivity index (χ0v) is 12.5. The predicted molar refractivity (Wildman–Crippen MR) is 78.9 cm³/mol. The summed E-state index contributed by atoms with van der Waals surface area (Å²) < 4.78 is 0. The van der Waals surface area contributed by atoms with Gasteiger partial charge in [0.2, 0.25) is 0 Å². The lowest BCUT2D eigenvalue weighted by molar-refractivity contribution is 0.176. The first kappa shape index (κ1) is 14.3. The van der Waals surface area contributed by atoms with Crippen LogP contribution in [-0.2, 0) is 0 Å². The van der Waals surface area contributed by atoms with E-state index in [9.17, 15) is 0 Å². The summed E-state index contributed by atoms with van der Waals surface area (Å²) in [5, 5.41) is 3.94. The van der Waals surface area contributed by atoms with Gasteiger partial charge in [-0.2, -0.15) is 0 Å². The summed E-state index contributed by atoms with van der Waals surface area (Å²) in [6, 6.07) is 1.62. The van der Waals surface area contributed by atoms with Crippen LogP contribution in [0, 0.1) is 5.92 Å². The molecule has 0 aromatic heterocycles. The van der Waals surface area contributed by atoms with Crippen molar-refractivity contribution in [1.82, 2.24) is 10.2 Å². The fourth-order valence-electron chi connectivity index (χ4n) is 3.62. The molecule has 2 nitrogen and oxygen atoms in total. The van der Waals surface area contributed by atoms with Gasteiger partial charge in [0.05, 0.1) is 0 Å². The van der Waals surface area contributed by atoms with Crippen molar-refractivity contribution < 1.29 is 0 Å². The number of unbranched alkanes of at least 4 members (excludes halogenated alkanes) is 1. The molecule has 0 radical (unpaired) electrons. The number of likely N-dealkylation sites (tertiary alicyclic amines) is 1. The first-order valence-electron chi connectivity index (χ1n) is 8.26. The molecule has 0 bridgehead atoms. The Kier molecular flexibility index (Phi) is 5.97. The summed E-state index contributed by atoms with van der Waals surface area (Å²) in [5.41, 5.74) is 0. The summed E-state index contributed by atoms with van der Waals surface area (Å²) >= 11 is 0. The van der Waals surface area contributed by atoms with Crippen molar-refractivity contribution in [3.05, 3.63) is 0 Å². The Hall–Kier alpha value is -0.0800. The highest BCUT2D eigenvalue weighted by atomic mass is 15.1. The molecule has 1 N–H and O–H groups in total. The molecular formula is C16H32N2. The van der Waals surface area contributed by atoms with Crippen molar-refractivity contribution in [1.29, 1.82) is 0 Å². The monoisotopic (exact) mass is 252 g/mol. The molecule has 2 rings (SSSR count). The average molecular weight is 252 g/mol. The summed E-state index contributed by atoms with van der Waals surface area (Å²) in [6.45, 7) is 8.67. The topological polar surface area (TPSA) is 15.3 Å². The van der Waals surface area contributed by atoms with Gasteiger partial charge in [0.1, 0.15) is 0 Å². The lowest BCUT2D eigenvalue weighted by atomic mass is 9.86. The maximum atomic E-state index is 3.94. The SMILES string of the molecule is CCCCN1CCC(NC2CCCC(C)C2)CC1. The molecule has 0 spiro atoms.